The van der Waals surface area contributed by atoms with E-state index >= 15 is 0 Å². The van der Waals surface area contributed by atoms with Gasteiger partial charge in [0, 0.05) is 20.6 Å². The van der Waals surface area contributed by atoms with Crippen LogP contribution in [0.15, 0.2) is 43.1 Å². The second-order valence-electron chi connectivity index (χ2n) is 6.29. The van der Waals surface area contributed by atoms with Crippen molar-refractivity contribution in [2.45, 2.75) is 18.9 Å². The van der Waals surface area contributed by atoms with Crippen molar-refractivity contribution in [2.75, 3.05) is 34.2 Å². The summed E-state index contributed by atoms with van der Waals surface area (Å²) < 4.78 is 6.05. The van der Waals surface area contributed by atoms with Crippen LogP contribution < -0.4 is 4.74 Å². The maximum absolute atomic E-state index is 11.9. The Bertz CT molecular complexity index is 717. The van der Waals surface area contributed by atoms with Gasteiger partial charge in [-0.05, 0) is 32.0 Å². The molecule has 0 radical (unpaired) electrons. The Kier molecular flexibility index (Phi) is 6.89. The van der Waals surface area contributed by atoms with Gasteiger partial charge in [0.1, 0.15) is 6.10 Å². The summed E-state index contributed by atoms with van der Waals surface area (Å²) in [7, 11) is 5.43. The van der Waals surface area contributed by atoms with Gasteiger partial charge in [0.05, 0.1) is 23.8 Å². The fourth-order valence-corrected chi connectivity index (χ4v) is 2.44. The highest BCUT2D eigenvalue weighted by Gasteiger charge is 2.17. The molecule has 0 spiro atoms. The quantitative estimate of drug-likeness (QED) is 0.655. The first kappa shape index (κ1) is 18.9. The van der Waals surface area contributed by atoms with Crippen molar-refractivity contribution in [3.63, 3.8) is 0 Å². The zero-order valence-electron chi connectivity index (χ0n) is 15.2. The predicted molar refractivity (Wildman–Crippen MR) is 99.6 cm³/mol. The van der Waals surface area contributed by atoms with Crippen LogP contribution in [0.1, 0.15) is 12.8 Å². The Hall–Kier alpha value is -2.47. The van der Waals surface area contributed by atoms with Crippen molar-refractivity contribution in [2.24, 2.45) is 0 Å². The molecule has 1 aromatic carbocycles. The average Bonchev–Trinajstić information content (AvgIpc) is 2.59. The molecule has 1 heterocycles. The van der Waals surface area contributed by atoms with E-state index in [2.05, 4.69) is 16.5 Å². The lowest BCUT2D eigenvalue weighted by molar-refractivity contribution is -0.129. The van der Waals surface area contributed by atoms with Crippen LogP contribution in [-0.2, 0) is 4.79 Å². The molecule has 0 aliphatic rings. The van der Waals surface area contributed by atoms with E-state index in [0.717, 1.165) is 23.9 Å². The average molecular weight is 342 g/mol. The molecule has 0 N–H and O–H groups in total. The minimum absolute atomic E-state index is 0.0652. The molecule has 0 saturated heterocycles. The largest absolute Gasteiger partial charge is 0.472 e. The van der Waals surface area contributed by atoms with Crippen LogP contribution in [0.5, 0.6) is 5.88 Å². The molecule has 1 aromatic heterocycles. The van der Waals surface area contributed by atoms with Crippen LogP contribution in [0.4, 0.5) is 0 Å². The minimum Gasteiger partial charge on any atom is -0.472 e. The maximum atomic E-state index is 11.9. The minimum atomic E-state index is -0.0894. The van der Waals surface area contributed by atoms with Crippen LogP contribution in [0.25, 0.3) is 11.0 Å². The number of carbonyl (C=O) groups excluding carboxylic acids is 1. The lowest BCUT2D eigenvalue weighted by Gasteiger charge is -2.25. The highest BCUT2D eigenvalue weighted by Crippen LogP contribution is 2.16. The molecule has 0 aliphatic heterocycles. The molecule has 6 nitrogen and oxygen atoms in total. The number of nitrogens with zero attached hydrogens (tertiary/aromatic N) is 4. The van der Waals surface area contributed by atoms with E-state index in [1.807, 2.05) is 42.3 Å². The number of rotatable bonds is 9. The van der Waals surface area contributed by atoms with Gasteiger partial charge in [-0.2, -0.15) is 0 Å². The van der Waals surface area contributed by atoms with Gasteiger partial charge in [-0.3, -0.25) is 9.69 Å². The molecule has 1 atom stereocenters. The number of hydrogen-bond donors (Lipinski definition) is 0. The monoisotopic (exact) mass is 342 g/mol. The molecule has 0 fully saturated rings. The number of aromatic nitrogens is 2. The standard InChI is InChI=1S/C19H26N4O2/c1-5-6-9-15(13-23(4)14-19(24)22(2)3)25-18-12-20-16-10-7-8-11-17(16)21-18/h5,7-8,10-12,15H,1,6,9,13-14H2,2-4H3/t15-/m1/s1. The van der Waals surface area contributed by atoms with E-state index < -0.39 is 0 Å². The number of allylic oxidation sites excluding steroid dienone is 1. The normalized spacial score (nSPS) is 12.2. The summed E-state index contributed by atoms with van der Waals surface area (Å²) in [6, 6.07) is 7.69. The van der Waals surface area contributed by atoms with E-state index in [1.165, 1.54) is 0 Å². The summed E-state index contributed by atoms with van der Waals surface area (Å²) in [5.41, 5.74) is 1.64. The van der Waals surface area contributed by atoms with Crippen LogP contribution in [0, 0.1) is 0 Å². The molecule has 2 rings (SSSR count). The number of amides is 1. The molecule has 2 aromatic rings. The Labute approximate surface area is 149 Å². The Morgan fingerprint density at radius 1 is 1.28 bits per heavy atom. The molecule has 0 bridgehead atoms. The molecule has 0 unspecified atom stereocenters. The molecule has 134 valence electrons. The molecule has 0 aliphatic carbocycles. The number of likely N-dealkylation sites (N-methyl/N-ethyl adjacent to an activating group) is 2. The number of benzene rings is 1. The Balaban J connectivity index is 2.04. The van der Waals surface area contributed by atoms with Crippen LogP contribution in [0.2, 0.25) is 0 Å². The smallest absolute Gasteiger partial charge is 0.236 e. The van der Waals surface area contributed by atoms with Gasteiger partial charge in [0.2, 0.25) is 11.8 Å². The first-order valence-corrected chi connectivity index (χ1v) is 8.37. The summed E-state index contributed by atoms with van der Waals surface area (Å²) in [4.78, 5) is 24.3. The SMILES string of the molecule is C=CCC[C@H](CN(C)CC(=O)N(C)C)Oc1cnc2ccccc2n1. The zero-order valence-corrected chi connectivity index (χ0v) is 15.2. The Morgan fingerprint density at radius 2 is 2.00 bits per heavy atom. The highest BCUT2D eigenvalue weighted by atomic mass is 16.5. The maximum Gasteiger partial charge on any atom is 0.236 e. The van der Waals surface area contributed by atoms with E-state index in [1.54, 1.807) is 25.2 Å². The topological polar surface area (TPSA) is 58.6 Å². The van der Waals surface area contributed by atoms with E-state index in [0.29, 0.717) is 19.0 Å². The zero-order chi connectivity index (χ0) is 18.2. The van der Waals surface area contributed by atoms with Gasteiger partial charge in [-0.15, -0.1) is 6.58 Å². The lowest BCUT2D eigenvalue weighted by Crippen LogP contribution is -2.39. The third-order valence-electron chi connectivity index (χ3n) is 3.83. The summed E-state index contributed by atoms with van der Waals surface area (Å²) >= 11 is 0. The van der Waals surface area contributed by atoms with Crippen molar-refractivity contribution < 1.29 is 9.53 Å². The first-order chi connectivity index (χ1) is 12.0. The molecule has 6 heteroatoms. The van der Waals surface area contributed by atoms with Gasteiger partial charge in [0.25, 0.3) is 0 Å². The van der Waals surface area contributed by atoms with Crippen LogP contribution in [0.3, 0.4) is 0 Å². The van der Waals surface area contributed by atoms with Crippen LogP contribution in [-0.4, -0.2) is 66.0 Å². The summed E-state index contributed by atoms with van der Waals surface area (Å²) in [5.74, 6) is 0.565. The van der Waals surface area contributed by atoms with Gasteiger partial charge in [0.15, 0.2) is 0 Å². The summed E-state index contributed by atoms with van der Waals surface area (Å²) in [6.45, 7) is 4.75. The highest BCUT2D eigenvalue weighted by molar-refractivity contribution is 5.77. The predicted octanol–water partition coefficient (Wildman–Crippen LogP) is 2.36. The first-order valence-electron chi connectivity index (χ1n) is 8.37. The van der Waals surface area contributed by atoms with Gasteiger partial charge < -0.3 is 9.64 Å². The number of hydrogen-bond acceptors (Lipinski definition) is 5. The van der Waals surface area contributed by atoms with Crippen LogP contribution >= 0.6 is 0 Å². The van der Waals surface area contributed by atoms with E-state index in [4.69, 9.17) is 4.74 Å². The fourth-order valence-electron chi connectivity index (χ4n) is 2.44. The fraction of sp³-hybridized carbons (Fsp3) is 0.421. The van der Waals surface area contributed by atoms with Gasteiger partial charge >= 0.3 is 0 Å². The molecule has 0 saturated carbocycles. The van der Waals surface area contributed by atoms with Gasteiger partial charge in [-0.1, -0.05) is 18.2 Å². The second kappa shape index (κ2) is 9.13. The number of carbonyl (C=O) groups is 1. The number of para-hydroxylation sites is 2. The third-order valence-corrected chi connectivity index (χ3v) is 3.83. The van der Waals surface area contributed by atoms with Crippen molar-refractivity contribution in [1.82, 2.24) is 19.8 Å². The number of ether oxygens (including phenoxy) is 1. The van der Waals surface area contributed by atoms with E-state index in [9.17, 15) is 4.79 Å². The summed E-state index contributed by atoms with van der Waals surface area (Å²) in [5, 5.41) is 0. The molecule has 25 heavy (non-hydrogen) atoms. The van der Waals surface area contributed by atoms with Crippen molar-refractivity contribution >= 4 is 16.9 Å². The second-order valence-corrected chi connectivity index (χ2v) is 6.29. The Morgan fingerprint density at radius 3 is 2.68 bits per heavy atom. The van der Waals surface area contributed by atoms with Crippen molar-refractivity contribution in [3.05, 3.63) is 43.1 Å². The van der Waals surface area contributed by atoms with Crippen molar-refractivity contribution in [1.29, 1.82) is 0 Å². The van der Waals surface area contributed by atoms with E-state index in [-0.39, 0.29) is 12.0 Å². The summed E-state index contributed by atoms with van der Waals surface area (Å²) in [6.07, 6.45) is 5.06. The number of fused-ring (bicyclic) bond motifs is 1. The molecular weight excluding hydrogens is 316 g/mol. The molecule has 1 amide bonds. The third kappa shape index (κ3) is 5.83. The molecular formula is C19H26N4O2. The van der Waals surface area contributed by atoms with Gasteiger partial charge in [-0.25, -0.2) is 9.97 Å². The lowest BCUT2D eigenvalue weighted by atomic mass is 10.2. The van der Waals surface area contributed by atoms with Crippen molar-refractivity contribution in [3.8, 4) is 5.88 Å².